The molecule has 0 radical (unpaired) electrons. The number of halogens is 1. The fourth-order valence-corrected chi connectivity index (χ4v) is 2.69. The molecule has 1 fully saturated rings. The molecule has 1 amide bonds. The number of pyridine rings is 1. The molecule has 1 aliphatic heterocycles. The number of carbonyl (C=O) groups excluding carboxylic acids is 1. The van der Waals surface area contributed by atoms with Crippen molar-refractivity contribution in [2.45, 2.75) is 32.0 Å². The zero-order valence-corrected chi connectivity index (χ0v) is 14.1. The van der Waals surface area contributed by atoms with E-state index in [2.05, 4.69) is 4.98 Å². The number of hydrogen-bond acceptors (Lipinski definition) is 5. The van der Waals surface area contributed by atoms with E-state index in [0.717, 1.165) is 18.4 Å². The lowest BCUT2D eigenvalue weighted by Gasteiger charge is -2.32. The molecule has 2 aromatic heterocycles. The van der Waals surface area contributed by atoms with Crippen LogP contribution < -0.4 is 4.74 Å². The van der Waals surface area contributed by atoms with E-state index >= 15 is 0 Å². The SMILES string of the molecule is C[C@@H](OC(=O)N1CCC(Oc2ccc(Cl)nc2)CC1)c1ccoc1. The smallest absolute Gasteiger partial charge is 0.410 e. The molecule has 128 valence electrons. The van der Waals surface area contributed by atoms with Gasteiger partial charge in [0.1, 0.15) is 23.1 Å². The first-order valence-electron chi connectivity index (χ1n) is 7.87. The van der Waals surface area contributed by atoms with Crippen LogP contribution in [0.15, 0.2) is 41.3 Å². The van der Waals surface area contributed by atoms with E-state index in [1.165, 1.54) is 0 Å². The Morgan fingerprint density at radius 2 is 2.17 bits per heavy atom. The highest BCUT2D eigenvalue weighted by atomic mass is 35.5. The van der Waals surface area contributed by atoms with Gasteiger partial charge in [-0.3, -0.25) is 0 Å². The molecular formula is C17H19ClN2O4. The van der Waals surface area contributed by atoms with E-state index in [0.29, 0.717) is 24.0 Å². The van der Waals surface area contributed by atoms with E-state index in [4.69, 9.17) is 25.5 Å². The van der Waals surface area contributed by atoms with Crippen molar-refractivity contribution in [1.29, 1.82) is 0 Å². The van der Waals surface area contributed by atoms with Gasteiger partial charge in [0.05, 0.1) is 18.7 Å². The van der Waals surface area contributed by atoms with Crippen LogP contribution in [0.3, 0.4) is 0 Å². The number of likely N-dealkylation sites (tertiary alicyclic amines) is 1. The summed E-state index contributed by atoms with van der Waals surface area (Å²) >= 11 is 5.76. The lowest BCUT2D eigenvalue weighted by atomic mass is 10.1. The van der Waals surface area contributed by atoms with Crippen LogP contribution in [0.4, 0.5) is 4.79 Å². The van der Waals surface area contributed by atoms with Gasteiger partial charge in [-0.2, -0.15) is 0 Å². The average Bonchev–Trinajstić information content (AvgIpc) is 3.12. The molecule has 2 aromatic rings. The topological polar surface area (TPSA) is 64.8 Å². The molecule has 0 aliphatic carbocycles. The molecule has 0 unspecified atom stereocenters. The number of aromatic nitrogens is 1. The van der Waals surface area contributed by atoms with E-state index in [1.807, 2.05) is 6.92 Å². The van der Waals surface area contributed by atoms with Crippen molar-refractivity contribution in [3.63, 3.8) is 0 Å². The number of carbonyl (C=O) groups is 1. The van der Waals surface area contributed by atoms with Crippen LogP contribution >= 0.6 is 11.6 Å². The third-order valence-corrected chi connectivity index (χ3v) is 4.22. The van der Waals surface area contributed by atoms with Crippen molar-refractivity contribution in [2.75, 3.05) is 13.1 Å². The van der Waals surface area contributed by atoms with Crippen LogP contribution in [0.2, 0.25) is 5.15 Å². The molecule has 6 nitrogen and oxygen atoms in total. The normalized spacial score (nSPS) is 16.7. The van der Waals surface area contributed by atoms with Crippen molar-refractivity contribution < 1.29 is 18.7 Å². The van der Waals surface area contributed by atoms with Crippen molar-refractivity contribution >= 4 is 17.7 Å². The number of ether oxygens (including phenoxy) is 2. The van der Waals surface area contributed by atoms with Crippen molar-refractivity contribution in [3.8, 4) is 5.75 Å². The van der Waals surface area contributed by atoms with Crippen LogP contribution in [0.5, 0.6) is 5.75 Å². The van der Waals surface area contributed by atoms with Gasteiger partial charge in [-0.1, -0.05) is 11.6 Å². The quantitative estimate of drug-likeness (QED) is 0.778. The molecule has 1 saturated heterocycles. The molecule has 3 rings (SSSR count). The zero-order valence-electron chi connectivity index (χ0n) is 13.4. The van der Waals surface area contributed by atoms with Gasteiger partial charge in [0.15, 0.2) is 0 Å². The van der Waals surface area contributed by atoms with Crippen LogP contribution in [-0.2, 0) is 4.74 Å². The maximum Gasteiger partial charge on any atom is 0.410 e. The van der Waals surface area contributed by atoms with Crippen LogP contribution in [0.1, 0.15) is 31.4 Å². The molecule has 0 N–H and O–H groups in total. The Hall–Kier alpha value is -2.21. The summed E-state index contributed by atoms with van der Waals surface area (Å²) in [4.78, 5) is 17.9. The van der Waals surface area contributed by atoms with Crippen LogP contribution in [0.25, 0.3) is 0 Å². The van der Waals surface area contributed by atoms with Gasteiger partial charge in [0.25, 0.3) is 0 Å². The average molecular weight is 351 g/mol. The van der Waals surface area contributed by atoms with Crippen molar-refractivity contribution in [2.24, 2.45) is 0 Å². The second-order valence-corrected chi connectivity index (χ2v) is 6.09. The summed E-state index contributed by atoms with van der Waals surface area (Å²) in [6.45, 7) is 3.03. The first-order valence-corrected chi connectivity index (χ1v) is 8.25. The summed E-state index contributed by atoms with van der Waals surface area (Å²) in [7, 11) is 0. The minimum Gasteiger partial charge on any atom is -0.489 e. The standard InChI is InChI=1S/C17H19ClN2O4/c1-12(13-6-9-22-11-13)23-17(21)20-7-4-14(5-8-20)24-15-2-3-16(18)19-10-15/h2-3,6,9-12,14H,4-5,7-8H2,1H3/t12-/m1/s1. The maximum absolute atomic E-state index is 12.2. The van der Waals surface area contributed by atoms with Gasteiger partial charge in [-0.15, -0.1) is 0 Å². The Kier molecular flexibility index (Phi) is 5.25. The molecule has 7 heteroatoms. The number of hydrogen-bond donors (Lipinski definition) is 0. The minimum absolute atomic E-state index is 0.0586. The van der Waals surface area contributed by atoms with Gasteiger partial charge in [0.2, 0.25) is 0 Å². The lowest BCUT2D eigenvalue weighted by Crippen LogP contribution is -2.42. The van der Waals surface area contributed by atoms with Gasteiger partial charge in [-0.05, 0) is 25.1 Å². The summed E-state index contributed by atoms with van der Waals surface area (Å²) in [6.07, 6.45) is 5.67. The van der Waals surface area contributed by atoms with E-state index in [-0.39, 0.29) is 18.3 Å². The van der Waals surface area contributed by atoms with E-state index < -0.39 is 0 Å². The number of amides is 1. The third kappa shape index (κ3) is 4.20. The predicted molar refractivity (Wildman–Crippen MR) is 88.1 cm³/mol. The number of furan rings is 1. The maximum atomic E-state index is 12.2. The summed E-state index contributed by atoms with van der Waals surface area (Å²) in [5.74, 6) is 0.689. The Labute approximate surface area is 145 Å². The van der Waals surface area contributed by atoms with Crippen molar-refractivity contribution in [3.05, 3.63) is 47.6 Å². The fourth-order valence-electron chi connectivity index (χ4n) is 2.58. The third-order valence-electron chi connectivity index (χ3n) is 3.99. The van der Waals surface area contributed by atoms with Gasteiger partial charge >= 0.3 is 6.09 Å². The Morgan fingerprint density at radius 3 is 2.79 bits per heavy atom. The predicted octanol–water partition coefficient (Wildman–Crippen LogP) is 4.07. The Morgan fingerprint density at radius 1 is 1.38 bits per heavy atom. The number of nitrogens with zero attached hydrogens (tertiary/aromatic N) is 2. The van der Waals surface area contributed by atoms with Crippen LogP contribution in [0, 0.1) is 0 Å². The summed E-state index contributed by atoms with van der Waals surface area (Å²) in [5.41, 5.74) is 0.844. The van der Waals surface area contributed by atoms with Crippen molar-refractivity contribution in [1.82, 2.24) is 9.88 Å². The summed E-state index contributed by atoms with van der Waals surface area (Å²) in [5, 5.41) is 0.437. The van der Waals surface area contributed by atoms with Crippen LogP contribution in [-0.4, -0.2) is 35.2 Å². The second-order valence-electron chi connectivity index (χ2n) is 5.70. The molecule has 0 aromatic carbocycles. The van der Waals surface area contributed by atoms with Gasteiger partial charge in [0, 0.05) is 31.5 Å². The molecule has 0 saturated carbocycles. The molecule has 1 aliphatic rings. The number of piperidine rings is 1. The minimum atomic E-state index is -0.328. The number of rotatable bonds is 4. The molecule has 1 atom stereocenters. The first kappa shape index (κ1) is 16.6. The highest BCUT2D eigenvalue weighted by molar-refractivity contribution is 6.29. The zero-order chi connectivity index (χ0) is 16.9. The Bertz CT molecular complexity index is 652. The molecule has 0 spiro atoms. The lowest BCUT2D eigenvalue weighted by molar-refractivity contribution is 0.0464. The van der Waals surface area contributed by atoms with Gasteiger partial charge < -0.3 is 18.8 Å². The molecule has 24 heavy (non-hydrogen) atoms. The Balaban J connectivity index is 1.46. The van der Waals surface area contributed by atoms with E-state index in [1.54, 1.807) is 41.8 Å². The largest absolute Gasteiger partial charge is 0.489 e. The molecular weight excluding hydrogens is 332 g/mol. The van der Waals surface area contributed by atoms with E-state index in [9.17, 15) is 4.79 Å². The monoisotopic (exact) mass is 350 g/mol. The summed E-state index contributed by atoms with van der Waals surface area (Å²) < 4.78 is 16.3. The first-order chi connectivity index (χ1) is 11.6. The molecule has 3 heterocycles. The second kappa shape index (κ2) is 7.57. The molecule has 0 bridgehead atoms. The highest BCUT2D eigenvalue weighted by Crippen LogP contribution is 2.22. The van der Waals surface area contributed by atoms with Gasteiger partial charge in [-0.25, -0.2) is 9.78 Å². The summed E-state index contributed by atoms with van der Waals surface area (Å²) in [6, 6.07) is 5.28. The highest BCUT2D eigenvalue weighted by Gasteiger charge is 2.26. The fraction of sp³-hybridized carbons (Fsp3) is 0.412.